The number of carbonyl (C=O) groups is 3. The fourth-order valence-corrected chi connectivity index (χ4v) is 1.85. The van der Waals surface area contributed by atoms with E-state index in [0.29, 0.717) is 10.9 Å². The Morgan fingerprint density at radius 3 is 2.65 bits per heavy atom. The zero-order chi connectivity index (χ0) is 14.9. The molecule has 2 rings (SSSR count). The van der Waals surface area contributed by atoms with Gasteiger partial charge in [0.2, 0.25) is 0 Å². The molecule has 0 atom stereocenters. The van der Waals surface area contributed by atoms with E-state index in [0.717, 1.165) is 4.68 Å². The second-order valence-electron chi connectivity index (χ2n) is 3.99. The maximum absolute atomic E-state index is 11.5. The molecule has 8 nitrogen and oxygen atoms in total. The molecule has 3 N–H and O–H groups in total. The summed E-state index contributed by atoms with van der Waals surface area (Å²) in [6.07, 6.45) is 0. The number of rotatable bonds is 4. The lowest BCUT2D eigenvalue weighted by Crippen LogP contribution is -2.14. The molecule has 8 heteroatoms. The Labute approximate surface area is 112 Å². The molecule has 1 heterocycles. The minimum Gasteiger partial charge on any atom is -0.480 e. The van der Waals surface area contributed by atoms with Gasteiger partial charge in [-0.25, -0.2) is 4.79 Å². The highest BCUT2D eigenvalue weighted by atomic mass is 16.5. The van der Waals surface area contributed by atoms with Gasteiger partial charge in [0.25, 0.3) is 5.91 Å². The number of benzene rings is 1. The Morgan fingerprint density at radius 1 is 1.40 bits per heavy atom. The first kappa shape index (κ1) is 13.5. The molecule has 0 unspecified atom stereocenters. The first-order chi connectivity index (χ1) is 9.43. The molecule has 1 amide bonds. The number of carbonyl (C=O) groups excluding carboxylic acids is 2. The van der Waals surface area contributed by atoms with Gasteiger partial charge in [-0.05, 0) is 18.2 Å². The molecule has 0 aliphatic carbocycles. The maximum Gasteiger partial charge on any atom is 0.337 e. The van der Waals surface area contributed by atoms with E-state index in [1.807, 2.05) is 0 Å². The fraction of sp³-hybridized carbons (Fsp3) is 0.167. The van der Waals surface area contributed by atoms with Crippen molar-refractivity contribution in [3.63, 3.8) is 0 Å². The second-order valence-corrected chi connectivity index (χ2v) is 3.99. The number of hydrogen-bond acceptors (Lipinski definition) is 5. The van der Waals surface area contributed by atoms with E-state index in [-0.39, 0.29) is 11.3 Å². The Balaban J connectivity index is 2.67. The largest absolute Gasteiger partial charge is 0.480 e. The molecule has 104 valence electrons. The number of aliphatic carboxylic acids is 1. The Bertz CT molecular complexity index is 719. The number of fused-ring (bicyclic) bond motifs is 1. The predicted octanol–water partition coefficient (Wildman–Crippen LogP) is 0.00640. The molecule has 0 saturated carbocycles. The van der Waals surface area contributed by atoms with Gasteiger partial charge in [-0.1, -0.05) is 0 Å². The van der Waals surface area contributed by atoms with E-state index < -0.39 is 24.4 Å². The first-order valence-electron chi connectivity index (χ1n) is 5.54. The average Bonchev–Trinajstić information content (AvgIpc) is 2.75. The number of nitrogens with two attached hydrogens (primary N) is 1. The quantitative estimate of drug-likeness (QED) is 0.758. The van der Waals surface area contributed by atoms with Crippen LogP contribution in [0.5, 0.6) is 0 Å². The number of ether oxygens (including phenoxy) is 1. The molecular formula is C12H11N3O5. The number of esters is 1. The maximum atomic E-state index is 11.5. The first-order valence-corrected chi connectivity index (χ1v) is 5.54. The van der Waals surface area contributed by atoms with Crippen LogP contribution in [0.4, 0.5) is 0 Å². The molecule has 0 radical (unpaired) electrons. The lowest BCUT2D eigenvalue weighted by molar-refractivity contribution is -0.137. The van der Waals surface area contributed by atoms with Gasteiger partial charge in [0.05, 0.1) is 18.2 Å². The predicted molar refractivity (Wildman–Crippen MR) is 67.2 cm³/mol. The summed E-state index contributed by atoms with van der Waals surface area (Å²) in [6.45, 7) is -0.450. The molecule has 20 heavy (non-hydrogen) atoms. The minimum atomic E-state index is -1.13. The number of primary amides is 1. The molecule has 0 aliphatic heterocycles. The number of amides is 1. The van der Waals surface area contributed by atoms with Crippen LogP contribution < -0.4 is 5.73 Å². The Morgan fingerprint density at radius 2 is 2.10 bits per heavy atom. The highest BCUT2D eigenvalue weighted by Crippen LogP contribution is 2.20. The van der Waals surface area contributed by atoms with Crippen molar-refractivity contribution in [1.82, 2.24) is 9.78 Å². The number of aromatic nitrogens is 2. The zero-order valence-electron chi connectivity index (χ0n) is 10.5. The van der Waals surface area contributed by atoms with E-state index in [1.54, 1.807) is 0 Å². The Hall–Kier alpha value is -2.90. The zero-order valence-corrected chi connectivity index (χ0v) is 10.5. The van der Waals surface area contributed by atoms with Crippen molar-refractivity contribution in [2.75, 3.05) is 7.11 Å². The minimum absolute atomic E-state index is 0.0438. The van der Waals surface area contributed by atoms with E-state index in [1.165, 1.54) is 25.3 Å². The third-order valence-electron chi connectivity index (χ3n) is 2.69. The van der Waals surface area contributed by atoms with Gasteiger partial charge in [-0.2, -0.15) is 5.10 Å². The normalized spacial score (nSPS) is 10.4. The highest BCUT2D eigenvalue weighted by Gasteiger charge is 2.18. The lowest BCUT2D eigenvalue weighted by atomic mass is 10.1. The van der Waals surface area contributed by atoms with Gasteiger partial charge in [-0.3, -0.25) is 14.3 Å². The van der Waals surface area contributed by atoms with Crippen LogP contribution in [0.2, 0.25) is 0 Å². The standard InChI is InChI=1S/C12H11N3O5/c1-20-12(19)6-2-3-7-8(4-6)15(5-9(16)17)14-10(7)11(13)18/h2-4H,5H2,1H3,(H2,13,18)(H,16,17). The fourth-order valence-electron chi connectivity index (χ4n) is 1.85. The lowest BCUT2D eigenvalue weighted by Gasteiger charge is -2.02. The van der Waals surface area contributed by atoms with E-state index >= 15 is 0 Å². The third kappa shape index (κ3) is 2.30. The van der Waals surface area contributed by atoms with Crippen molar-refractivity contribution >= 4 is 28.7 Å². The number of methoxy groups -OCH3 is 1. The molecule has 0 bridgehead atoms. The van der Waals surface area contributed by atoms with Crippen molar-refractivity contribution in [1.29, 1.82) is 0 Å². The summed E-state index contributed by atoms with van der Waals surface area (Å²) in [5.74, 6) is -2.48. The van der Waals surface area contributed by atoms with Crippen LogP contribution in [0.3, 0.4) is 0 Å². The second kappa shape index (κ2) is 5.00. The van der Waals surface area contributed by atoms with Gasteiger partial charge >= 0.3 is 11.9 Å². The molecule has 1 aromatic carbocycles. The summed E-state index contributed by atoms with van der Waals surface area (Å²) in [4.78, 5) is 33.6. The number of hydrogen-bond donors (Lipinski definition) is 2. The molecule has 0 saturated heterocycles. The van der Waals surface area contributed by atoms with Crippen LogP contribution in [0, 0.1) is 0 Å². The van der Waals surface area contributed by atoms with E-state index in [2.05, 4.69) is 9.84 Å². The molecule has 0 spiro atoms. The molecule has 0 aliphatic rings. The van der Waals surface area contributed by atoms with Crippen LogP contribution in [-0.2, 0) is 16.1 Å². The van der Waals surface area contributed by atoms with E-state index in [9.17, 15) is 14.4 Å². The number of carboxylic acids is 1. The van der Waals surface area contributed by atoms with Crippen LogP contribution in [0.15, 0.2) is 18.2 Å². The summed E-state index contributed by atoms with van der Waals surface area (Å²) >= 11 is 0. The van der Waals surface area contributed by atoms with Crippen molar-refractivity contribution < 1.29 is 24.2 Å². The van der Waals surface area contributed by atoms with Crippen LogP contribution in [0.1, 0.15) is 20.8 Å². The number of carboxylic acid groups (broad SMARTS) is 1. The molecular weight excluding hydrogens is 266 g/mol. The van der Waals surface area contributed by atoms with Crippen LogP contribution in [0.25, 0.3) is 10.9 Å². The smallest absolute Gasteiger partial charge is 0.337 e. The summed E-state index contributed by atoms with van der Waals surface area (Å²) < 4.78 is 5.69. The summed E-state index contributed by atoms with van der Waals surface area (Å²) in [6, 6.07) is 4.34. The van der Waals surface area contributed by atoms with Crippen molar-refractivity contribution in [3.05, 3.63) is 29.5 Å². The summed E-state index contributed by atoms with van der Waals surface area (Å²) in [7, 11) is 1.23. The number of nitrogens with zero attached hydrogens (tertiary/aromatic N) is 2. The SMILES string of the molecule is COC(=O)c1ccc2c(C(N)=O)nn(CC(=O)O)c2c1. The van der Waals surface area contributed by atoms with Crippen molar-refractivity contribution in [2.24, 2.45) is 5.73 Å². The van der Waals surface area contributed by atoms with Gasteiger partial charge < -0.3 is 15.6 Å². The van der Waals surface area contributed by atoms with Crippen molar-refractivity contribution in [3.8, 4) is 0 Å². The Kier molecular flexibility index (Phi) is 3.38. The van der Waals surface area contributed by atoms with Gasteiger partial charge in [-0.15, -0.1) is 0 Å². The third-order valence-corrected chi connectivity index (χ3v) is 2.69. The highest BCUT2D eigenvalue weighted by molar-refractivity contribution is 6.05. The van der Waals surface area contributed by atoms with Crippen molar-refractivity contribution in [2.45, 2.75) is 6.54 Å². The van der Waals surface area contributed by atoms with Gasteiger partial charge in [0.1, 0.15) is 6.54 Å². The van der Waals surface area contributed by atoms with Crippen LogP contribution >= 0.6 is 0 Å². The van der Waals surface area contributed by atoms with Gasteiger partial charge in [0.15, 0.2) is 5.69 Å². The monoisotopic (exact) mass is 277 g/mol. The summed E-state index contributed by atoms with van der Waals surface area (Å²) in [5.41, 5.74) is 5.70. The van der Waals surface area contributed by atoms with Gasteiger partial charge in [0, 0.05) is 5.39 Å². The molecule has 2 aromatic rings. The average molecular weight is 277 g/mol. The van der Waals surface area contributed by atoms with Crippen LogP contribution in [-0.4, -0.2) is 39.8 Å². The topological polar surface area (TPSA) is 125 Å². The summed E-state index contributed by atoms with van der Waals surface area (Å²) in [5, 5.41) is 13.1. The van der Waals surface area contributed by atoms with E-state index in [4.69, 9.17) is 10.8 Å². The molecule has 1 aromatic heterocycles. The molecule has 0 fully saturated rings.